The van der Waals surface area contributed by atoms with Gasteiger partial charge in [-0.2, -0.15) is 0 Å². The maximum atomic E-state index is 3.73. The first kappa shape index (κ1) is 13.0. The van der Waals surface area contributed by atoms with Crippen molar-refractivity contribution >= 4 is 0 Å². The molecule has 1 fully saturated rings. The molecule has 0 aromatic heterocycles. The Morgan fingerprint density at radius 2 is 2.00 bits per heavy atom. The summed E-state index contributed by atoms with van der Waals surface area (Å²) in [4.78, 5) is 2.48. The number of nitrogens with one attached hydrogen (secondary N) is 1. The van der Waals surface area contributed by atoms with Gasteiger partial charge in [0.2, 0.25) is 0 Å². The maximum absolute atomic E-state index is 3.73. The van der Waals surface area contributed by atoms with E-state index in [4.69, 9.17) is 0 Å². The van der Waals surface area contributed by atoms with Crippen LogP contribution in [0.15, 0.2) is 0 Å². The van der Waals surface area contributed by atoms with Gasteiger partial charge in [0.1, 0.15) is 0 Å². The Balaban J connectivity index is 2.22. The second kappa shape index (κ2) is 6.49. The van der Waals surface area contributed by atoms with Crippen molar-refractivity contribution in [2.45, 2.75) is 58.5 Å². The van der Waals surface area contributed by atoms with E-state index in [0.29, 0.717) is 0 Å². The van der Waals surface area contributed by atoms with Gasteiger partial charge in [0.25, 0.3) is 0 Å². The molecule has 90 valence electrons. The van der Waals surface area contributed by atoms with Crippen LogP contribution < -0.4 is 5.32 Å². The Labute approximate surface area is 95.4 Å². The van der Waals surface area contributed by atoms with Crippen LogP contribution in [0.2, 0.25) is 0 Å². The van der Waals surface area contributed by atoms with Crippen LogP contribution in [-0.4, -0.2) is 37.1 Å². The average Bonchev–Trinajstić information content (AvgIpc) is 2.20. The molecule has 1 aliphatic heterocycles. The predicted octanol–water partition coefficient (Wildman–Crippen LogP) is 2.49. The van der Waals surface area contributed by atoms with Gasteiger partial charge in [0.05, 0.1) is 0 Å². The van der Waals surface area contributed by atoms with E-state index >= 15 is 0 Å². The summed E-state index contributed by atoms with van der Waals surface area (Å²) in [5.41, 5.74) is 0. The summed E-state index contributed by atoms with van der Waals surface area (Å²) in [5.74, 6) is 0.799. The Bertz CT molecular complexity index is 170. The van der Waals surface area contributed by atoms with E-state index in [2.05, 4.69) is 38.0 Å². The SMILES string of the molecule is CCCCCNC1CC(C)N(C)CC1C. The Kier molecular flexibility index (Phi) is 5.62. The first-order chi connectivity index (χ1) is 7.15. The molecule has 1 rings (SSSR count). The molecule has 2 nitrogen and oxygen atoms in total. The fraction of sp³-hybridized carbons (Fsp3) is 1.00. The maximum Gasteiger partial charge on any atom is 0.0120 e. The van der Waals surface area contributed by atoms with E-state index in [1.807, 2.05) is 0 Å². The van der Waals surface area contributed by atoms with Gasteiger partial charge in [-0.3, -0.25) is 0 Å². The van der Waals surface area contributed by atoms with Gasteiger partial charge in [0, 0.05) is 18.6 Å². The van der Waals surface area contributed by atoms with Crippen LogP contribution in [0.1, 0.15) is 46.5 Å². The van der Waals surface area contributed by atoms with Crippen LogP contribution >= 0.6 is 0 Å². The summed E-state index contributed by atoms with van der Waals surface area (Å²) in [6.07, 6.45) is 5.33. The molecule has 0 aromatic carbocycles. The second-order valence-electron chi connectivity index (χ2n) is 5.27. The van der Waals surface area contributed by atoms with Gasteiger partial charge in [-0.1, -0.05) is 26.7 Å². The highest BCUT2D eigenvalue weighted by Crippen LogP contribution is 2.20. The van der Waals surface area contributed by atoms with Crippen LogP contribution in [0.5, 0.6) is 0 Å². The second-order valence-corrected chi connectivity index (χ2v) is 5.27. The summed E-state index contributed by atoms with van der Waals surface area (Å²) < 4.78 is 0. The highest BCUT2D eigenvalue weighted by molar-refractivity contribution is 4.85. The third-order valence-electron chi connectivity index (χ3n) is 3.80. The standard InChI is InChI=1S/C13H28N2/c1-5-6-7-8-14-13-9-12(3)15(4)10-11(13)2/h11-14H,5-10H2,1-4H3. The summed E-state index contributed by atoms with van der Waals surface area (Å²) in [6.45, 7) is 9.43. The van der Waals surface area contributed by atoms with Gasteiger partial charge < -0.3 is 10.2 Å². The van der Waals surface area contributed by atoms with E-state index in [0.717, 1.165) is 18.0 Å². The number of unbranched alkanes of at least 4 members (excludes halogenated alkanes) is 2. The van der Waals surface area contributed by atoms with Crippen LogP contribution in [0.25, 0.3) is 0 Å². The minimum absolute atomic E-state index is 0.741. The Morgan fingerprint density at radius 1 is 1.27 bits per heavy atom. The van der Waals surface area contributed by atoms with Crippen molar-refractivity contribution in [3.8, 4) is 0 Å². The molecule has 2 heteroatoms. The van der Waals surface area contributed by atoms with Gasteiger partial charge in [-0.25, -0.2) is 0 Å². The predicted molar refractivity (Wildman–Crippen MR) is 67.2 cm³/mol. The van der Waals surface area contributed by atoms with Crippen molar-refractivity contribution in [1.82, 2.24) is 10.2 Å². The topological polar surface area (TPSA) is 15.3 Å². The van der Waals surface area contributed by atoms with Crippen LogP contribution in [0.4, 0.5) is 0 Å². The fourth-order valence-electron chi connectivity index (χ4n) is 2.49. The summed E-state index contributed by atoms with van der Waals surface area (Å²) >= 11 is 0. The first-order valence-corrected chi connectivity index (χ1v) is 6.58. The Hall–Kier alpha value is -0.0800. The average molecular weight is 212 g/mol. The molecule has 0 saturated carbocycles. The zero-order chi connectivity index (χ0) is 11.3. The lowest BCUT2D eigenvalue weighted by Gasteiger charge is -2.40. The van der Waals surface area contributed by atoms with E-state index in [1.54, 1.807) is 0 Å². The molecule has 15 heavy (non-hydrogen) atoms. The monoisotopic (exact) mass is 212 g/mol. The number of nitrogens with zero attached hydrogens (tertiary/aromatic N) is 1. The van der Waals surface area contributed by atoms with Gasteiger partial charge in [-0.15, -0.1) is 0 Å². The molecule has 0 bridgehead atoms. The summed E-state index contributed by atoms with van der Waals surface area (Å²) in [5, 5.41) is 3.73. The molecule has 0 amide bonds. The lowest BCUT2D eigenvalue weighted by molar-refractivity contribution is 0.122. The third-order valence-corrected chi connectivity index (χ3v) is 3.80. The zero-order valence-corrected chi connectivity index (χ0v) is 10.9. The Morgan fingerprint density at radius 3 is 2.67 bits per heavy atom. The van der Waals surface area contributed by atoms with Gasteiger partial charge in [0.15, 0.2) is 0 Å². The van der Waals surface area contributed by atoms with Crippen LogP contribution in [0, 0.1) is 5.92 Å². The minimum Gasteiger partial charge on any atom is -0.314 e. The molecule has 1 heterocycles. The van der Waals surface area contributed by atoms with E-state index in [1.165, 1.54) is 38.8 Å². The van der Waals surface area contributed by atoms with Crippen molar-refractivity contribution in [2.75, 3.05) is 20.1 Å². The van der Waals surface area contributed by atoms with E-state index in [9.17, 15) is 0 Å². The van der Waals surface area contributed by atoms with Crippen LogP contribution in [-0.2, 0) is 0 Å². The molecule has 0 aromatic rings. The summed E-state index contributed by atoms with van der Waals surface area (Å²) in [7, 11) is 2.24. The summed E-state index contributed by atoms with van der Waals surface area (Å²) in [6, 6.07) is 1.48. The molecule has 0 aliphatic carbocycles. The number of likely N-dealkylation sites (tertiary alicyclic amines) is 1. The highest BCUT2D eigenvalue weighted by atomic mass is 15.2. The molecule has 1 saturated heterocycles. The van der Waals surface area contributed by atoms with Crippen molar-refractivity contribution in [3.05, 3.63) is 0 Å². The lowest BCUT2D eigenvalue weighted by Crippen LogP contribution is -2.51. The fourth-order valence-corrected chi connectivity index (χ4v) is 2.49. The smallest absolute Gasteiger partial charge is 0.0120 e. The normalized spacial score (nSPS) is 33.2. The molecule has 3 atom stereocenters. The minimum atomic E-state index is 0.741. The molecule has 3 unspecified atom stereocenters. The van der Waals surface area contributed by atoms with E-state index in [-0.39, 0.29) is 0 Å². The number of rotatable bonds is 5. The number of hydrogen-bond donors (Lipinski definition) is 1. The zero-order valence-electron chi connectivity index (χ0n) is 10.9. The molecule has 0 spiro atoms. The molecule has 1 N–H and O–H groups in total. The van der Waals surface area contributed by atoms with Crippen molar-refractivity contribution in [3.63, 3.8) is 0 Å². The van der Waals surface area contributed by atoms with Gasteiger partial charge >= 0.3 is 0 Å². The largest absolute Gasteiger partial charge is 0.314 e. The molecular formula is C13H28N2. The number of piperidine rings is 1. The van der Waals surface area contributed by atoms with Gasteiger partial charge in [-0.05, 0) is 39.3 Å². The van der Waals surface area contributed by atoms with Crippen molar-refractivity contribution < 1.29 is 0 Å². The third kappa shape index (κ3) is 4.12. The molecule has 0 radical (unpaired) electrons. The first-order valence-electron chi connectivity index (χ1n) is 6.58. The molecular weight excluding hydrogens is 184 g/mol. The van der Waals surface area contributed by atoms with Crippen molar-refractivity contribution in [2.24, 2.45) is 5.92 Å². The van der Waals surface area contributed by atoms with E-state index < -0.39 is 0 Å². The quantitative estimate of drug-likeness (QED) is 0.704. The molecule has 1 aliphatic rings. The highest BCUT2D eigenvalue weighted by Gasteiger charge is 2.27. The van der Waals surface area contributed by atoms with Crippen LogP contribution in [0.3, 0.4) is 0 Å². The lowest BCUT2D eigenvalue weighted by atomic mass is 9.90. The number of hydrogen-bond acceptors (Lipinski definition) is 2. The van der Waals surface area contributed by atoms with Crippen molar-refractivity contribution in [1.29, 1.82) is 0 Å².